The van der Waals surface area contributed by atoms with Gasteiger partial charge < -0.3 is 10.3 Å². The number of alkyl halides is 3. The number of fused-ring (bicyclic) bond motifs is 1. The van der Waals surface area contributed by atoms with Crippen LogP contribution in [0.1, 0.15) is 46.2 Å². The highest BCUT2D eigenvalue weighted by molar-refractivity contribution is 5.94. The molecule has 0 aliphatic heterocycles. The standard InChI is InChI=1S/C16H14F3N3O2/c17-16(18,19)13-6-4-9(8-20-13)15(24)22-12-3-1-2-11-10(12)5-7-14(23)21-11/h4-8,12H,1-3H2,(H,21,23)(H,22,24)/t12-/m0/s1. The molecule has 1 aliphatic carbocycles. The molecule has 2 N–H and O–H groups in total. The van der Waals surface area contributed by atoms with E-state index in [4.69, 9.17) is 0 Å². The molecule has 1 amide bonds. The fraction of sp³-hybridized carbons (Fsp3) is 0.312. The van der Waals surface area contributed by atoms with Crippen LogP contribution in [0.25, 0.3) is 0 Å². The number of rotatable bonds is 2. The lowest BCUT2D eigenvalue weighted by Crippen LogP contribution is -2.32. The molecule has 2 aromatic heterocycles. The van der Waals surface area contributed by atoms with Crippen LogP contribution in [0.5, 0.6) is 0 Å². The molecule has 0 unspecified atom stereocenters. The van der Waals surface area contributed by atoms with Crippen LogP contribution in [0.3, 0.4) is 0 Å². The summed E-state index contributed by atoms with van der Waals surface area (Å²) in [6.45, 7) is 0. The zero-order valence-electron chi connectivity index (χ0n) is 12.5. The molecule has 1 aliphatic rings. The Bertz CT molecular complexity index is 813. The van der Waals surface area contributed by atoms with Crippen LogP contribution < -0.4 is 10.9 Å². The number of amides is 1. The van der Waals surface area contributed by atoms with E-state index < -0.39 is 17.8 Å². The predicted molar refractivity (Wildman–Crippen MR) is 79.4 cm³/mol. The number of nitrogens with zero attached hydrogens (tertiary/aromatic N) is 1. The van der Waals surface area contributed by atoms with Gasteiger partial charge in [-0.25, -0.2) is 0 Å². The van der Waals surface area contributed by atoms with Crippen molar-refractivity contribution in [1.29, 1.82) is 0 Å². The van der Waals surface area contributed by atoms with E-state index in [0.717, 1.165) is 42.4 Å². The first-order valence-electron chi connectivity index (χ1n) is 7.41. The number of hydrogen-bond acceptors (Lipinski definition) is 3. The average molecular weight is 337 g/mol. The molecule has 3 rings (SSSR count). The second kappa shape index (κ2) is 6.10. The van der Waals surface area contributed by atoms with Crippen molar-refractivity contribution in [1.82, 2.24) is 15.3 Å². The third-order valence-corrected chi connectivity index (χ3v) is 3.95. The Morgan fingerprint density at radius 3 is 2.71 bits per heavy atom. The minimum atomic E-state index is -4.54. The zero-order chi connectivity index (χ0) is 17.3. The van der Waals surface area contributed by atoms with Crippen molar-refractivity contribution in [3.63, 3.8) is 0 Å². The predicted octanol–water partition coefficient (Wildman–Crippen LogP) is 2.60. The molecule has 126 valence electrons. The number of carbonyl (C=O) groups is 1. The SMILES string of the molecule is O=C(N[C@H]1CCCc2[nH]c(=O)ccc21)c1ccc(C(F)(F)F)nc1. The van der Waals surface area contributed by atoms with Crippen LogP contribution in [0.4, 0.5) is 13.2 Å². The first-order valence-corrected chi connectivity index (χ1v) is 7.41. The summed E-state index contributed by atoms with van der Waals surface area (Å²) in [5.41, 5.74) is 0.422. The minimum Gasteiger partial charge on any atom is -0.345 e. The maximum Gasteiger partial charge on any atom is 0.433 e. The number of H-pyrrole nitrogens is 1. The van der Waals surface area contributed by atoms with E-state index in [1.165, 1.54) is 6.07 Å². The zero-order valence-corrected chi connectivity index (χ0v) is 12.5. The third kappa shape index (κ3) is 3.32. The van der Waals surface area contributed by atoms with Crippen LogP contribution in [-0.4, -0.2) is 15.9 Å². The summed E-state index contributed by atoms with van der Waals surface area (Å²) >= 11 is 0. The molecule has 0 bridgehead atoms. The topological polar surface area (TPSA) is 74.8 Å². The van der Waals surface area contributed by atoms with Crippen molar-refractivity contribution in [3.05, 3.63) is 63.3 Å². The second-order valence-electron chi connectivity index (χ2n) is 5.60. The summed E-state index contributed by atoms with van der Waals surface area (Å²) in [7, 11) is 0. The van der Waals surface area contributed by atoms with Gasteiger partial charge in [0.2, 0.25) is 5.56 Å². The van der Waals surface area contributed by atoms with E-state index in [-0.39, 0.29) is 17.2 Å². The molecule has 2 heterocycles. The number of halogens is 3. The lowest BCUT2D eigenvalue weighted by atomic mass is 9.91. The van der Waals surface area contributed by atoms with Crippen molar-refractivity contribution in [2.75, 3.05) is 0 Å². The molecule has 24 heavy (non-hydrogen) atoms. The maximum absolute atomic E-state index is 12.5. The lowest BCUT2D eigenvalue weighted by molar-refractivity contribution is -0.141. The third-order valence-electron chi connectivity index (χ3n) is 3.95. The van der Waals surface area contributed by atoms with Gasteiger partial charge in [-0.05, 0) is 43.0 Å². The quantitative estimate of drug-likeness (QED) is 0.884. The number of carbonyl (C=O) groups excluding carboxylic acids is 1. The van der Waals surface area contributed by atoms with Gasteiger partial charge in [0.15, 0.2) is 0 Å². The van der Waals surface area contributed by atoms with Gasteiger partial charge in [0.1, 0.15) is 5.69 Å². The maximum atomic E-state index is 12.5. The smallest absolute Gasteiger partial charge is 0.345 e. The van der Waals surface area contributed by atoms with E-state index >= 15 is 0 Å². The summed E-state index contributed by atoms with van der Waals surface area (Å²) in [6.07, 6.45) is -1.42. The molecule has 0 spiro atoms. The highest BCUT2D eigenvalue weighted by Gasteiger charge is 2.32. The van der Waals surface area contributed by atoms with Gasteiger partial charge in [-0.15, -0.1) is 0 Å². The first kappa shape index (κ1) is 16.2. The van der Waals surface area contributed by atoms with Crippen molar-refractivity contribution >= 4 is 5.91 Å². The Labute approximate surface area is 134 Å². The van der Waals surface area contributed by atoms with Crippen molar-refractivity contribution in [2.24, 2.45) is 0 Å². The highest BCUT2D eigenvalue weighted by Crippen LogP contribution is 2.29. The van der Waals surface area contributed by atoms with Gasteiger partial charge in [0, 0.05) is 18.0 Å². The molecule has 0 saturated heterocycles. The Kier molecular flexibility index (Phi) is 4.13. The van der Waals surface area contributed by atoms with Crippen molar-refractivity contribution in [3.8, 4) is 0 Å². The summed E-state index contributed by atoms with van der Waals surface area (Å²) in [6, 6.07) is 4.65. The van der Waals surface area contributed by atoms with Crippen LogP contribution in [-0.2, 0) is 12.6 Å². The van der Waals surface area contributed by atoms with Crippen molar-refractivity contribution < 1.29 is 18.0 Å². The molecule has 0 radical (unpaired) electrons. The van der Waals surface area contributed by atoms with E-state index in [2.05, 4.69) is 15.3 Å². The number of hydrogen-bond donors (Lipinski definition) is 2. The van der Waals surface area contributed by atoms with Crippen LogP contribution in [0.2, 0.25) is 0 Å². The number of pyridine rings is 2. The number of nitrogens with one attached hydrogen (secondary N) is 2. The van der Waals surface area contributed by atoms with E-state index in [1.54, 1.807) is 6.07 Å². The first-order chi connectivity index (χ1) is 11.3. The fourth-order valence-electron chi connectivity index (χ4n) is 2.79. The monoisotopic (exact) mass is 337 g/mol. The van der Waals surface area contributed by atoms with Gasteiger partial charge in [-0.1, -0.05) is 0 Å². The molecule has 1 atom stereocenters. The normalized spacial score (nSPS) is 17.2. The van der Waals surface area contributed by atoms with Gasteiger partial charge >= 0.3 is 6.18 Å². The Morgan fingerprint density at radius 1 is 1.25 bits per heavy atom. The molecular weight excluding hydrogens is 323 g/mol. The van der Waals surface area contributed by atoms with Gasteiger partial charge in [0.25, 0.3) is 5.91 Å². The van der Waals surface area contributed by atoms with Crippen LogP contribution in [0.15, 0.2) is 35.3 Å². The van der Waals surface area contributed by atoms with E-state index in [9.17, 15) is 22.8 Å². The highest BCUT2D eigenvalue weighted by atomic mass is 19.4. The lowest BCUT2D eigenvalue weighted by Gasteiger charge is -2.25. The van der Waals surface area contributed by atoms with Crippen molar-refractivity contribution in [2.45, 2.75) is 31.5 Å². The van der Waals surface area contributed by atoms with Gasteiger partial charge in [-0.3, -0.25) is 14.6 Å². The Balaban J connectivity index is 1.78. The number of aromatic amines is 1. The molecule has 8 heteroatoms. The van der Waals surface area contributed by atoms with E-state index in [0.29, 0.717) is 6.42 Å². The summed E-state index contributed by atoms with van der Waals surface area (Å²) in [5.74, 6) is -0.500. The summed E-state index contributed by atoms with van der Waals surface area (Å²) < 4.78 is 37.5. The second-order valence-corrected chi connectivity index (χ2v) is 5.60. The molecule has 0 saturated carbocycles. The molecule has 2 aromatic rings. The Hall–Kier alpha value is -2.64. The largest absolute Gasteiger partial charge is 0.433 e. The molecular formula is C16H14F3N3O2. The molecule has 0 aromatic carbocycles. The number of aromatic nitrogens is 2. The van der Waals surface area contributed by atoms with Gasteiger partial charge in [-0.2, -0.15) is 13.2 Å². The van der Waals surface area contributed by atoms with Crippen LogP contribution in [0, 0.1) is 0 Å². The molecule has 5 nitrogen and oxygen atoms in total. The Morgan fingerprint density at radius 2 is 2.04 bits per heavy atom. The summed E-state index contributed by atoms with van der Waals surface area (Å²) in [4.78, 5) is 29.6. The summed E-state index contributed by atoms with van der Waals surface area (Å²) in [5, 5.41) is 2.79. The number of aryl methyl sites for hydroxylation is 1. The van der Waals surface area contributed by atoms with Crippen LogP contribution >= 0.6 is 0 Å². The van der Waals surface area contributed by atoms with Gasteiger partial charge in [0.05, 0.1) is 11.6 Å². The van der Waals surface area contributed by atoms with E-state index in [1.807, 2.05) is 0 Å². The minimum absolute atomic E-state index is 0.0551. The average Bonchev–Trinajstić information content (AvgIpc) is 2.54. The molecule has 0 fully saturated rings. The fourth-order valence-corrected chi connectivity index (χ4v) is 2.79.